The fraction of sp³-hybridized carbons (Fsp3) is 0.625. The van der Waals surface area contributed by atoms with Crippen LogP contribution in [0.4, 0.5) is 0 Å². The molecule has 0 aliphatic heterocycles. The minimum absolute atomic E-state index is 0.527. The van der Waals surface area contributed by atoms with E-state index in [0.29, 0.717) is 5.75 Å². The number of aromatic hydroxyl groups is 1. The van der Waals surface area contributed by atoms with Crippen LogP contribution in [0.2, 0.25) is 0 Å². The molecule has 0 bridgehead atoms. The van der Waals surface area contributed by atoms with Crippen molar-refractivity contribution in [3.63, 3.8) is 0 Å². The summed E-state index contributed by atoms with van der Waals surface area (Å²) in [6, 6.07) is 6.12. The first kappa shape index (κ1) is 14.1. The van der Waals surface area contributed by atoms with E-state index in [4.69, 9.17) is 0 Å². The smallest absolute Gasteiger partial charge is 0.121 e. The highest BCUT2D eigenvalue weighted by molar-refractivity contribution is 5.40. The molecule has 0 atom stereocenters. The fourth-order valence-electron chi connectivity index (χ4n) is 2.18. The van der Waals surface area contributed by atoms with Crippen LogP contribution in [0.15, 0.2) is 18.2 Å². The molecule has 96 valence electrons. The van der Waals surface area contributed by atoms with E-state index in [1.54, 1.807) is 0 Å². The Labute approximate surface area is 106 Å². The van der Waals surface area contributed by atoms with Crippen molar-refractivity contribution in [2.45, 2.75) is 59.3 Å². The standard InChI is InChI=1S/C16H26O/c1-4-14-11-8-12-15(16(14)17)10-7-5-6-9-13(2)3/h8,11-13,17H,4-7,9-10H2,1-3H3. The third-order valence-corrected chi connectivity index (χ3v) is 3.31. The first-order valence-electron chi connectivity index (χ1n) is 6.94. The van der Waals surface area contributed by atoms with E-state index in [2.05, 4.69) is 32.9 Å². The Hall–Kier alpha value is -0.980. The molecule has 0 fully saturated rings. The lowest BCUT2D eigenvalue weighted by molar-refractivity contribution is 0.458. The Balaban J connectivity index is 2.36. The Morgan fingerprint density at radius 3 is 2.41 bits per heavy atom. The zero-order valence-corrected chi connectivity index (χ0v) is 11.5. The number of hydrogen-bond acceptors (Lipinski definition) is 1. The molecule has 0 heterocycles. The molecular formula is C16H26O. The number of phenolic OH excluding ortho intramolecular Hbond substituents is 1. The van der Waals surface area contributed by atoms with Crippen molar-refractivity contribution in [2.75, 3.05) is 0 Å². The third-order valence-electron chi connectivity index (χ3n) is 3.31. The summed E-state index contributed by atoms with van der Waals surface area (Å²) < 4.78 is 0. The highest BCUT2D eigenvalue weighted by Crippen LogP contribution is 2.24. The lowest BCUT2D eigenvalue weighted by Crippen LogP contribution is -1.92. The molecule has 1 heteroatoms. The van der Waals surface area contributed by atoms with Crippen molar-refractivity contribution in [3.8, 4) is 5.75 Å². The van der Waals surface area contributed by atoms with Crippen LogP contribution in [-0.2, 0) is 12.8 Å². The molecule has 0 radical (unpaired) electrons. The van der Waals surface area contributed by atoms with Gasteiger partial charge in [0.15, 0.2) is 0 Å². The van der Waals surface area contributed by atoms with Crippen LogP contribution in [0, 0.1) is 5.92 Å². The Bertz CT molecular complexity index is 328. The maximum atomic E-state index is 10.0. The Morgan fingerprint density at radius 2 is 1.76 bits per heavy atom. The number of para-hydroxylation sites is 1. The van der Waals surface area contributed by atoms with E-state index in [-0.39, 0.29) is 0 Å². The van der Waals surface area contributed by atoms with Crippen molar-refractivity contribution >= 4 is 0 Å². The lowest BCUT2D eigenvalue weighted by Gasteiger charge is -2.08. The van der Waals surface area contributed by atoms with Gasteiger partial charge in [0.2, 0.25) is 0 Å². The average Bonchev–Trinajstić information content (AvgIpc) is 2.30. The van der Waals surface area contributed by atoms with Gasteiger partial charge >= 0.3 is 0 Å². The number of rotatable bonds is 7. The number of phenols is 1. The van der Waals surface area contributed by atoms with E-state index in [0.717, 1.165) is 29.9 Å². The van der Waals surface area contributed by atoms with Crippen LogP contribution in [0.3, 0.4) is 0 Å². The summed E-state index contributed by atoms with van der Waals surface area (Å²) in [6.45, 7) is 6.63. The SMILES string of the molecule is CCc1cccc(CCCCCC(C)C)c1O. The summed E-state index contributed by atoms with van der Waals surface area (Å²) >= 11 is 0. The van der Waals surface area contributed by atoms with Crippen LogP contribution in [0.25, 0.3) is 0 Å². The van der Waals surface area contributed by atoms with Gasteiger partial charge in [-0.05, 0) is 36.3 Å². The molecule has 1 N–H and O–H groups in total. The van der Waals surface area contributed by atoms with Gasteiger partial charge in [-0.1, -0.05) is 58.2 Å². The van der Waals surface area contributed by atoms with E-state index in [1.807, 2.05) is 6.07 Å². The van der Waals surface area contributed by atoms with Crippen molar-refractivity contribution in [3.05, 3.63) is 29.3 Å². The lowest BCUT2D eigenvalue weighted by atomic mass is 10.00. The Morgan fingerprint density at radius 1 is 1.06 bits per heavy atom. The molecule has 0 aliphatic carbocycles. The molecule has 0 unspecified atom stereocenters. The Kier molecular flexibility index (Phi) is 6.10. The predicted octanol–water partition coefficient (Wildman–Crippen LogP) is 4.71. The summed E-state index contributed by atoms with van der Waals surface area (Å²) in [7, 11) is 0. The molecule has 0 saturated carbocycles. The molecule has 0 saturated heterocycles. The van der Waals surface area contributed by atoms with Crippen molar-refractivity contribution in [1.29, 1.82) is 0 Å². The monoisotopic (exact) mass is 234 g/mol. The van der Waals surface area contributed by atoms with Gasteiger partial charge in [0.1, 0.15) is 5.75 Å². The number of hydrogen-bond donors (Lipinski definition) is 1. The highest BCUT2D eigenvalue weighted by Gasteiger charge is 2.05. The maximum absolute atomic E-state index is 10.0. The van der Waals surface area contributed by atoms with Gasteiger partial charge < -0.3 is 5.11 Å². The first-order chi connectivity index (χ1) is 8.15. The molecule has 1 aromatic carbocycles. The van der Waals surface area contributed by atoms with Gasteiger partial charge in [0, 0.05) is 0 Å². The van der Waals surface area contributed by atoms with E-state index in [9.17, 15) is 5.11 Å². The average molecular weight is 234 g/mol. The van der Waals surface area contributed by atoms with E-state index < -0.39 is 0 Å². The van der Waals surface area contributed by atoms with Crippen LogP contribution in [0.5, 0.6) is 5.75 Å². The van der Waals surface area contributed by atoms with Crippen LogP contribution >= 0.6 is 0 Å². The van der Waals surface area contributed by atoms with Gasteiger partial charge in [-0.2, -0.15) is 0 Å². The largest absolute Gasteiger partial charge is 0.507 e. The minimum Gasteiger partial charge on any atom is -0.507 e. The predicted molar refractivity (Wildman–Crippen MR) is 74.5 cm³/mol. The zero-order chi connectivity index (χ0) is 12.7. The molecular weight excluding hydrogens is 208 g/mol. The molecule has 0 aliphatic rings. The summed E-state index contributed by atoms with van der Waals surface area (Å²) in [6.07, 6.45) is 7.01. The number of aryl methyl sites for hydroxylation is 2. The summed E-state index contributed by atoms with van der Waals surface area (Å²) in [5, 5.41) is 10.0. The summed E-state index contributed by atoms with van der Waals surface area (Å²) in [5.41, 5.74) is 2.19. The van der Waals surface area contributed by atoms with E-state index >= 15 is 0 Å². The topological polar surface area (TPSA) is 20.2 Å². The summed E-state index contributed by atoms with van der Waals surface area (Å²) in [5.74, 6) is 1.34. The molecule has 17 heavy (non-hydrogen) atoms. The normalized spacial score (nSPS) is 11.1. The molecule has 1 rings (SSSR count). The first-order valence-corrected chi connectivity index (χ1v) is 6.94. The zero-order valence-electron chi connectivity index (χ0n) is 11.5. The molecule has 1 aromatic rings. The maximum Gasteiger partial charge on any atom is 0.121 e. The van der Waals surface area contributed by atoms with Gasteiger partial charge in [-0.15, -0.1) is 0 Å². The number of benzene rings is 1. The molecule has 0 aromatic heterocycles. The number of unbranched alkanes of at least 4 members (excludes halogenated alkanes) is 2. The van der Waals surface area contributed by atoms with Crippen LogP contribution in [-0.4, -0.2) is 5.11 Å². The van der Waals surface area contributed by atoms with Crippen LogP contribution < -0.4 is 0 Å². The molecule has 0 amide bonds. The van der Waals surface area contributed by atoms with Gasteiger partial charge in [0.25, 0.3) is 0 Å². The second-order valence-electron chi connectivity index (χ2n) is 5.27. The second kappa shape index (κ2) is 7.37. The van der Waals surface area contributed by atoms with Crippen LogP contribution in [0.1, 0.15) is 57.6 Å². The fourth-order valence-corrected chi connectivity index (χ4v) is 2.18. The van der Waals surface area contributed by atoms with E-state index in [1.165, 1.54) is 25.7 Å². The quantitative estimate of drug-likeness (QED) is 0.677. The minimum atomic E-state index is 0.527. The van der Waals surface area contributed by atoms with Crippen molar-refractivity contribution < 1.29 is 5.11 Å². The molecule has 1 nitrogen and oxygen atoms in total. The van der Waals surface area contributed by atoms with Crippen molar-refractivity contribution in [1.82, 2.24) is 0 Å². The van der Waals surface area contributed by atoms with Gasteiger partial charge in [-0.3, -0.25) is 0 Å². The second-order valence-corrected chi connectivity index (χ2v) is 5.27. The third kappa shape index (κ3) is 4.80. The summed E-state index contributed by atoms with van der Waals surface area (Å²) in [4.78, 5) is 0. The van der Waals surface area contributed by atoms with Gasteiger partial charge in [-0.25, -0.2) is 0 Å². The van der Waals surface area contributed by atoms with Gasteiger partial charge in [0.05, 0.1) is 0 Å². The molecule has 0 spiro atoms. The van der Waals surface area contributed by atoms with Crippen molar-refractivity contribution in [2.24, 2.45) is 5.92 Å². The highest BCUT2D eigenvalue weighted by atomic mass is 16.3.